The number of hydrogen-bond acceptors (Lipinski definition) is 7. The first-order chi connectivity index (χ1) is 17.4. The Labute approximate surface area is 210 Å². The van der Waals surface area contributed by atoms with Crippen LogP contribution in [-0.2, 0) is 28.7 Å². The van der Waals surface area contributed by atoms with E-state index >= 15 is 0 Å². The average Bonchev–Trinajstić information content (AvgIpc) is 3.36. The molecule has 14 heteroatoms. The van der Waals surface area contributed by atoms with Gasteiger partial charge in [0.05, 0.1) is 28.6 Å². The molecule has 0 atom stereocenters. The minimum absolute atomic E-state index is 0.140. The number of unbranched alkanes of at least 4 members (excludes halogenated alkanes) is 1. The van der Waals surface area contributed by atoms with Gasteiger partial charge < -0.3 is 4.90 Å². The molecule has 1 aromatic heterocycles. The van der Waals surface area contributed by atoms with Crippen LogP contribution in [0.3, 0.4) is 0 Å². The summed E-state index contributed by atoms with van der Waals surface area (Å²) in [5.41, 5.74) is -1.07. The van der Waals surface area contributed by atoms with Gasteiger partial charge in [-0.1, -0.05) is 5.21 Å². The van der Waals surface area contributed by atoms with E-state index in [-0.39, 0.29) is 18.7 Å². The summed E-state index contributed by atoms with van der Waals surface area (Å²) in [5.74, 6) is -1.15. The van der Waals surface area contributed by atoms with Crippen molar-refractivity contribution >= 4 is 23.5 Å². The van der Waals surface area contributed by atoms with Gasteiger partial charge in [0.2, 0.25) is 5.91 Å². The molecule has 4 amide bonds. The Morgan fingerprint density at radius 2 is 1.92 bits per heavy atom. The van der Waals surface area contributed by atoms with Crippen molar-refractivity contribution < 1.29 is 32.8 Å². The maximum absolute atomic E-state index is 13.4. The lowest BCUT2D eigenvalue weighted by atomic mass is 10.0. The molecule has 1 fully saturated rings. The van der Waals surface area contributed by atoms with E-state index in [0.29, 0.717) is 44.0 Å². The van der Waals surface area contributed by atoms with E-state index in [4.69, 9.17) is 10.5 Å². The van der Waals surface area contributed by atoms with Gasteiger partial charge in [-0.05, 0) is 57.7 Å². The van der Waals surface area contributed by atoms with Crippen LogP contribution < -0.4 is 10.4 Å². The van der Waals surface area contributed by atoms with E-state index < -0.39 is 40.7 Å². The third kappa shape index (κ3) is 6.05. The first kappa shape index (κ1) is 27.6. The van der Waals surface area contributed by atoms with Gasteiger partial charge in [0.15, 0.2) is 0 Å². The average molecular weight is 522 g/mol. The predicted molar refractivity (Wildman–Crippen MR) is 122 cm³/mol. The largest absolute Gasteiger partial charge is 0.417 e. The zero-order chi connectivity index (χ0) is 27.4. The summed E-state index contributed by atoms with van der Waals surface area (Å²) in [6.07, 6.45) is -0.831. The van der Waals surface area contributed by atoms with Gasteiger partial charge in [0, 0.05) is 25.7 Å². The number of amides is 4. The summed E-state index contributed by atoms with van der Waals surface area (Å²) in [4.78, 5) is 39.2. The molecule has 3 rings (SSSR count). The zero-order valence-electron chi connectivity index (χ0n) is 20.2. The Hall–Kier alpha value is -3.99. The number of benzene rings is 1. The Kier molecular flexibility index (Phi) is 8.17. The molecular formula is C23H26F3N7O4. The van der Waals surface area contributed by atoms with E-state index in [1.165, 1.54) is 24.8 Å². The third-order valence-electron chi connectivity index (χ3n) is 6.08. The van der Waals surface area contributed by atoms with Crippen LogP contribution in [0.2, 0.25) is 0 Å². The van der Waals surface area contributed by atoms with Crippen LogP contribution in [0.25, 0.3) is 0 Å². The van der Waals surface area contributed by atoms with Crippen LogP contribution in [-0.4, -0.2) is 55.0 Å². The number of nitrogens with one attached hydrogen (secondary N) is 1. The van der Waals surface area contributed by atoms with Gasteiger partial charge >= 0.3 is 12.2 Å². The highest BCUT2D eigenvalue weighted by Crippen LogP contribution is 2.37. The lowest BCUT2D eigenvalue weighted by molar-refractivity contribution is -0.137. The van der Waals surface area contributed by atoms with Gasteiger partial charge in [-0.25, -0.2) is 15.2 Å². The zero-order valence-corrected chi connectivity index (χ0v) is 20.2. The molecule has 0 radical (unpaired) electrons. The number of hydroxylamine groups is 1. The molecule has 2 N–H and O–H groups in total. The molecule has 1 saturated heterocycles. The summed E-state index contributed by atoms with van der Waals surface area (Å²) in [6, 6.07) is 3.50. The van der Waals surface area contributed by atoms with Gasteiger partial charge in [-0.3, -0.25) is 19.5 Å². The quantitative estimate of drug-likeness (QED) is 0.212. The van der Waals surface area contributed by atoms with Crippen LogP contribution in [0, 0.1) is 11.3 Å². The molecule has 0 spiro atoms. The molecule has 198 valence electrons. The fourth-order valence-corrected chi connectivity index (χ4v) is 4.04. The number of imide groups is 1. The molecule has 37 heavy (non-hydrogen) atoms. The molecule has 2 aromatic rings. The maximum Gasteiger partial charge on any atom is 0.417 e. The Bertz CT molecular complexity index is 1220. The van der Waals surface area contributed by atoms with Crippen molar-refractivity contribution in [3.63, 3.8) is 0 Å². The Morgan fingerprint density at radius 3 is 2.57 bits per heavy atom. The molecule has 0 aliphatic carbocycles. The molecule has 0 saturated carbocycles. The van der Waals surface area contributed by atoms with Gasteiger partial charge in [-0.2, -0.15) is 18.4 Å². The second-order valence-electron chi connectivity index (χ2n) is 9.04. The van der Waals surface area contributed by atoms with Crippen LogP contribution in [0.4, 0.5) is 23.7 Å². The fraction of sp³-hybridized carbons (Fsp3) is 0.478. The van der Waals surface area contributed by atoms with Crippen molar-refractivity contribution in [1.29, 1.82) is 5.26 Å². The summed E-state index contributed by atoms with van der Waals surface area (Å²) < 4.78 is 41.8. The standard InChI is InChI=1S/C23H26F3N7O4/c1-22(2)20(35)33(17-9-8-15(13-27)18(12-17)23(24,25)26)21(36)32(22)11-4-3-6-16-14-31(30-28-16)10-5-7-19(34)29-37/h8-9,12,14,37H,3-7,10-11H2,1-2H3,(H,29,34). The molecule has 1 aliphatic heterocycles. The summed E-state index contributed by atoms with van der Waals surface area (Å²) >= 11 is 0. The highest BCUT2D eigenvalue weighted by Gasteiger charge is 2.51. The van der Waals surface area contributed by atoms with Gasteiger partial charge in [-0.15, -0.1) is 5.10 Å². The number of aryl methyl sites for hydroxylation is 2. The van der Waals surface area contributed by atoms with Crippen molar-refractivity contribution in [2.45, 2.75) is 64.2 Å². The van der Waals surface area contributed by atoms with Crippen molar-refractivity contribution in [1.82, 2.24) is 25.4 Å². The van der Waals surface area contributed by atoms with Crippen molar-refractivity contribution in [3.8, 4) is 6.07 Å². The van der Waals surface area contributed by atoms with Crippen molar-refractivity contribution in [3.05, 3.63) is 41.2 Å². The van der Waals surface area contributed by atoms with Gasteiger partial charge in [0.1, 0.15) is 5.54 Å². The van der Waals surface area contributed by atoms with E-state index in [1.807, 2.05) is 0 Å². The predicted octanol–water partition coefficient (Wildman–Crippen LogP) is 3.02. The van der Waals surface area contributed by atoms with E-state index in [9.17, 15) is 27.6 Å². The van der Waals surface area contributed by atoms with Crippen LogP contribution in [0.5, 0.6) is 0 Å². The molecular weight excluding hydrogens is 495 g/mol. The first-order valence-corrected chi connectivity index (χ1v) is 11.5. The number of hydrogen-bond donors (Lipinski definition) is 2. The molecule has 0 bridgehead atoms. The topological polar surface area (TPSA) is 144 Å². The van der Waals surface area contributed by atoms with Crippen molar-refractivity contribution in [2.75, 3.05) is 11.4 Å². The van der Waals surface area contributed by atoms with E-state index in [1.54, 1.807) is 16.4 Å². The number of anilines is 1. The summed E-state index contributed by atoms with van der Waals surface area (Å²) in [6.45, 7) is 3.70. The number of nitrogens with zero attached hydrogens (tertiary/aromatic N) is 6. The van der Waals surface area contributed by atoms with E-state index in [0.717, 1.165) is 17.0 Å². The minimum atomic E-state index is -4.82. The molecule has 2 heterocycles. The number of alkyl halides is 3. The van der Waals surface area contributed by atoms with Crippen LogP contribution in [0.1, 0.15) is 56.4 Å². The van der Waals surface area contributed by atoms with Crippen LogP contribution >= 0.6 is 0 Å². The lowest BCUT2D eigenvalue weighted by Crippen LogP contribution is -2.44. The maximum atomic E-state index is 13.4. The summed E-state index contributed by atoms with van der Waals surface area (Å²) in [7, 11) is 0. The normalized spacial score (nSPS) is 15.3. The smallest absolute Gasteiger partial charge is 0.310 e. The lowest BCUT2D eigenvalue weighted by Gasteiger charge is -2.27. The second-order valence-corrected chi connectivity index (χ2v) is 9.04. The minimum Gasteiger partial charge on any atom is -0.310 e. The molecule has 1 aromatic carbocycles. The van der Waals surface area contributed by atoms with E-state index in [2.05, 4.69) is 10.3 Å². The van der Waals surface area contributed by atoms with Gasteiger partial charge in [0.25, 0.3) is 5.91 Å². The summed E-state index contributed by atoms with van der Waals surface area (Å²) in [5, 5.41) is 25.5. The first-order valence-electron chi connectivity index (χ1n) is 11.5. The molecule has 1 aliphatic rings. The SMILES string of the molecule is CC1(C)C(=O)N(c2ccc(C#N)c(C(F)(F)F)c2)C(=O)N1CCCCc1cn(CCCC(=O)NO)nn1. The number of urea groups is 1. The Morgan fingerprint density at radius 1 is 1.19 bits per heavy atom. The number of halogens is 3. The number of aromatic nitrogens is 3. The molecule has 0 unspecified atom stereocenters. The number of rotatable bonds is 10. The second kappa shape index (κ2) is 11.0. The van der Waals surface area contributed by atoms with Crippen molar-refractivity contribution in [2.24, 2.45) is 0 Å². The monoisotopic (exact) mass is 521 g/mol. The fourth-order valence-electron chi connectivity index (χ4n) is 4.04. The highest BCUT2D eigenvalue weighted by atomic mass is 19.4. The number of carbonyl (C=O) groups is 3. The number of carbonyl (C=O) groups excluding carboxylic acids is 3. The van der Waals surface area contributed by atoms with Crippen LogP contribution in [0.15, 0.2) is 24.4 Å². The third-order valence-corrected chi connectivity index (χ3v) is 6.08. The highest BCUT2D eigenvalue weighted by molar-refractivity contribution is 6.23. The number of nitriles is 1. The molecule has 11 nitrogen and oxygen atoms in total. The Balaban J connectivity index is 1.61.